The standard InChI is InChI=1S/C19H19ClN2O5/c1-12(19(24)22-14-5-4-10-21-18(14)20)27-17(23)9-7-13-6-8-15(25-2)16(11-13)26-3/h4-12H,1-3H3,(H,22,24)/b9-7+. The maximum Gasteiger partial charge on any atom is 0.331 e. The van der Waals surface area contributed by atoms with Crippen LogP contribution in [0.15, 0.2) is 42.6 Å². The van der Waals surface area contributed by atoms with Gasteiger partial charge in [-0.05, 0) is 42.8 Å². The third-order valence-electron chi connectivity index (χ3n) is 3.50. The van der Waals surface area contributed by atoms with E-state index in [1.807, 2.05) is 0 Å². The molecule has 0 aliphatic carbocycles. The number of ether oxygens (including phenoxy) is 3. The fourth-order valence-electron chi connectivity index (χ4n) is 2.10. The van der Waals surface area contributed by atoms with Crippen LogP contribution in [0.3, 0.4) is 0 Å². The van der Waals surface area contributed by atoms with Gasteiger partial charge in [-0.3, -0.25) is 4.79 Å². The molecular formula is C19H19ClN2O5. The Morgan fingerprint density at radius 3 is 2.59 bits per heavy atom. The number of hydrogen-bond acceptors (Lipinski definition) is 6. The Balaban J connectivity index is 1.95. The lowest BCUT2D eigenvalue weighted by molar-refractivity contribution is -0.148. The van der Waals surface area contributed by atoms with Gasteiger partial charge in [-0.25, -0.2) is 9.78 Å². The third kappa shape index (κ3) is 5.72. The lowest BCUT2D eigenvalue weighted by Crippen LogP contribution is -2.29. The van der Waals surface area contributed by atoms with E-state index in [9.17, 15) is 9.59 Å². The van der Waals surface area contributed by atoms with Crippen molar-refractivity contribution in [2.75, 3.05) is 19.5 Å². The third-order valence-corrected chi connectivity index (χ3v) is 3.80. The first-order chi connectivity index (χ1) is 12.9. The SMILES string of the molecule is COc1ccc(/C=C/C(=O)OC(C)C(=O)Nc2cccnc2Cl)cc1OC. The fraction of sp³-hybridized carbons (Fsp3) is 0.211. The number of anilines is 1. The summed E-state index contributed by atoms with van der Waals surface area (Å²) in [5, 5.41) is 2.70. The highest BCUT2D eigenvalue weighted by atomic mass is 35.5. The van der Waals surface area contributed by atoms with Crippen molar-refractivity contribution in [3.8, 4) is 11.5 Å². The van der Waals surface area contributed by atoms with Crippen molar-refractivity contribution in [3.05, 3.63) is 53.3 Å². The Morgan fingerprint density at radius 2 is 1.93 bits per heavy atom. The summed E-state index contributed by atoms with van der Waals surface area (Å²) in [6.07, 6.45) is 3.26. The zero-order valence-electron chi connectivity index (χ0n) is 15.1. The molecule has 7 nitrogen and oxygen atoms in total. The van der Waals surface area contributed by atoms with Gasteiger partial charge in [-0.15, -0.1) is 0 Å². The monoisotopic (exact) mass is 390 g/mol. The molecule has 0 saturated heterocycles. The second-order valence-electron chi connectivity index (χ2n) is 5.36. The van der Waals surface area contributed by atoms with Crippen LogP contribution in [-0.2, 0) is 14.3 Å². The molecule has 0 bridgehead atoms. The summed E-state index contributed by atoms with van der Waals surface area (Å²) in [6, 6.07) is 8.41. The predicted molar refractivity (Wildman–Crippen MR) is 102 cm³/mol. The number of pyridine rings is 1. The van der Waals surface area contributed by atoms with Crippen molar-refractivity contribution in [2.45, 2.75) is 13.0 Å². The van der Waals surface area contributed by atoms with Gasteiger partial charge in [0.15, 0.2) is 22.8 Å². The van der Waals surface area contributed by atoms with E-state index in [4.69, 9.17) is 25.8 Å². The molecule has 142 valence electrons. The summed E-state index contributed by atoms with van der Waals surface area (Å²) in [5.74, 6) is -0.0619. The summed E-state index contributed by atoms with van der Waals surface area (Å²) in [5.41, 5.74) is 1.05. The number of rotatable bonds is 7. The fourth-order valence-corrected chi connectivity index (χ4v) is 2.27. The minimum Gasteiger partial charge on any atom is -0.493 e. The van der Waals surface area contributed by atoms with Gasteiger partial charge in [0.05, 0.1) is 19.9 Å². The topological polar surface area (TPSA) is 86.8 Å². The lowest BCUT2D eigenvalue weighted by atomic mass is 10.2. The van der Waals surface area contributed by atoms with Crippen LogP contribution in [0.1, 0.15) is 12.5 Å². The van der Waals surface area contributed by atoms with Crippen LogP contribution in [0.2, 0.25) is 5.15 Å². The van der Waals surface area contributed by atoms with E-state index in [1.54, 1.807) is 36.4 Å². The maximum atomic E-state index is 12.1. The minimum absolute atomic E-state index is 0.151. The van der Waals surface area contributed by atoms with Gasteiger partial charge >= 0.3 is 5.97 Å². The number of benzene rings is 1. The largest absolute Gasteiger partial charge is 0.493 e. The number of amides is 1. The van der Waals surface area contributed by atoms with Crippen molar-refractivity contribution < 1.29 is 23.8 Å². The van der Waals surface area contributed by atoms with Crippen molar-refractivity contribution in [1.29, 1.82) is 0 Å². The molecule has 0 saturated carbocycles. The molecule has 1 heterocycles. The van der Waals surface area contributed by atoms with E-state index >= 15 is 0 Å². The summed E-state index contributed by atoms with van der Waals surface area (Å²) in [4.78, 5) is 27.9. The minimum atomic E-state index is -1.01. The molecule has 1 unspecified atom stereocenters. The normalized spacial score (nSPS) is 11.7. The molecular weight excluding hydrogens is 372 g/mol. The first kappa shape index (κ1) is 20.3. The molecule has 1 aromatic carbocycles. The molecule has 1 atom stereocenters. The summed E-state index contributed by atoms with van der Waals surface area (Å²) in [6.45, 7) is 1.46. The predicted octanol–water partition coefficient (Wildman–Crippen LogP) is 3.34. The first-order valence-corrected chi connectivity index (χ1v) is 8.34. The van der Waals surface area contributed by atoms with Crippen LogP contribution in [-0.4, -0.2) is 37.2 Å². The number of carbonyl (C=O) groups excluding carboxylic acids is 2. The zero-order chi connectivity index (χ0) is 19.8. The van der Waals surface area contributed by atoms with Gasteiger partial charge < -0.3 is 19.5 Å². The Bertz CT molecular complexity index is 854. The van der Waals surface area contributed by atoms with Crippen molar-refractivity contribution >= 4 is 35.2 Å². The van der Waals surface area contributed by atoms with E-state index < -0.39 is 18.0 Å². The molecule has 1 N–H and O–H groups in total. The van der Waals surface area contributed by atoms with Gasteiger partial charge in [0.25, 0.3) is 5.91 Å². The molecule has 0 aliphatic heterocycles. The Morgan fingerprint density at radius 1 is 1.19 bits per heavy atom. The van der Waals surface area contributed by atoms with Gasteiger partial charge in [0.2, 0.25) is 0 Å². The number of methoxy groups -OCH3 is 2. The summed E-state index contributed by atoms with van der Waals surface area (Å²) < 4.78 is 15.4. The lowest BCUT2D eigenvalue weighted by Gasteiger charge is -2.12. The molecule has 1 amide bonds. The van der Waals surface area contributed by atoms with Crippen molar-refractivity contribution in [2.24, 2.45) is 0 Å². The quantitative estimate of drug-likeness (QED) is 0.443. The molecule has 2 rings (SSSR count). The highest BCUT2D eigenvalue weighted by Crippen LogP contribution is 2.28. The summed E-state index contributed by atoms with van der Waals surface area (Å²) in [7, 11) is 3.06. The Hall–Kier alpha value is -3.06. The van der Waals surface area contributed by atoms with Crippen LogP contribution in [0, 0.1) is 0 Å². The van der Waals surface area contributed by atoms with E-state index in [0.29, 0.717) is 22.7 Å². The highest BCUT2D eigenvalue weighted by molar-refractivity contribution is 6.32. The molecule has 8 heteroatoms. The number of esters is 1. The van der Waals surface area contributed by atoms with Crippen molar-refractivity contribution in [1.82, 2.24) is 4.98 Å². The molecule has 2 aromatic rings. The first-order valence-electron chi connectivity index (χ1n) is 7.96. The number of halogens is 1. The molecule has 0 radical (unpaired) electrons. The van der Waals surface area contributed by atoms with Crippen LogP contribution in [0.4, 0.5) is 5.69 Å². The molecule has 27 heavy (non-hydrogen) atoms. The average Bonchev–Trinajstić information content (AvgIpc) is 2.67. The van der Waals surface area contributed by atoms with Gasteiger partial charge in [0.1, 0.15) is 0 Å². The van der Waals surface area contributed by atoms with E-state index in [0.717, 1.165) is 0 Å². The van der Waals surface area contributed by atoms with Gasteiger partial charge in [-0.2, -0.15) is 0 Å². The van der Waals surface area contributed by atoms with Crippen LogP contribution in [0.5, 0.6) is 11.5 Å². The smallest absolute Gasteiger partial charge is 0.331 e. The van der Waals surface area contributed by atoms with Crippen LogP contribution < -0.4 is 14.8 Å². The molecule has 0 spiro atoms. The molecule has 1 aromatic heterocycles. The number of nitrogens with zero attached hydrogens (tertiary/aromatic N) is 1. The van der Waals surface area contributed by atoms with E-state index in [2.05, 4.69) is 10.3 Å². The van der Waals surface area contributed by atoms with Gasteiger partial charge in [0, 0.05) is 12.3 Å². The number of nitrogens with one attached hydrogen (secondary N) is 1. The second-order valence-corrected chi connectivity index (χ2v) is 5.72. The summed E-state index contributed by atoms with van der Waals surface area (Å²) >= 11 is 5.88. The molecule has 0 fully saturated rings. The number of carbonyl (C=O) groups is 2. The number of hydrogen-bond donors (Lipinski definition) is 1. The maximum absolute atomic E-state index is 12.1. The Labute approximate surface area is 161 Å². The van der Waals surface area contributed by atoms with Crippen molar-refractivity contribution in [3.63, 3.8) is 0 Å². The highest BCUT2D eigenvalue weighted by Gasteiger charge is 2.17. The average molecular weight is 391 g/mol. The van der Waals surface area contributed by atoms with E-state index in [-0.39, 0.29) is 5.15 Å². The Kier molecular flexibility index (Phi) is 7.19. The molecule has 0 aliphatic rings. The second kappa shape index (κ2) is 9.59. The zero-order valence-corrected chi connectivity index (χ0v) is 15.8. The van der Waals surface area contributed by atoms with Crippen LogP contribution in [0.25, 0.3) is 6.08 Å². The van der Waals surface area contributed by atoms with Crippen LogP contribution >= 0.6 is 11.6 Å². The van der Waals surface area contributed by atoms with Gasteiger partial charge in [-0.1, -0.05) is 17.7 Å². The number of aromatic nitrogens is 1. The van der Waals surface area contributed by atoms with E-state index in [1.165, 1.54) is 33.4 Å².